The first-order valence-electron chi connectivity index (χ1n) is 4.25. The summed E-state index contributed by atoms with van der Waals surface area (Å²) < 4.78 is 5.00. The molecule has 0 aromatic heterocycles. The fourth-order valence-electron chi connectivity index (χ4n) is 1.21. The van der Waals surface area contributed by atoms with Crippen LogP contribution in [-0.2, 0) is 4.74 Å². The summed E-state index contributed by atoms with van der Waals surface area (Å²) in [6.07, 6.45) is 2.31. The first kappa shape index (κ1) is 11.2. The van der Waals surface area contributed by atoms with Crippen molar-refractivity contribution in [1.29, 1.82) is 0 Å². The van der Waals surface area contributed by atoms with Crippen LogP contribution in [0.4, 0.5) is 0 Å². The smallest absolute Gasteiger partial charge is 0.0465 e. The van der Waals surface area contributed by atoms with E-state index in [4.69, 9.17) is 16.3 Å². The highest BCUT2D eigenvalue weighted by Gasteiger charge is 2.08. The van der Waals surface area contributed by atoms with Crippen LogP contribution in [0.25, 0.3) is 0 Å². The van der Waals surface area contributed by atoms with E-state index in [0.717, 1.165) is 24.8 Å². The Hall–Kier alpha value is 0.250. The minimum Gasteiger partial charge on any atom is -0.385 e. The van der Waals surface area contributed by atoms with Gasteiger partial charge in [0.05, 0.1) is 0 Å². The van der Waals surface area contributed by atoms with Gasteiger partial charge in [0, 0.05) is 19.6 Å². The van der Waals surface area contributed by atoms with Gasteiger partial charge in [0.2, 0.25) is 0 Å². The highest BCUT2D eigenvalue weighted by molar-refractivity contribution is 6.18. The molecule has 0 aliphatic rings. The van der Waals surface area contributed by atoms with Crippen LogP contribution in [0.15, 0.2) is 0 Å². The van der Waals surface area contributed by atoms with Crippen molar-refractivity contribution >= 4 is 11.6 Å². The molecule has 0 fully saturated rings. The van der Waals surface area contributed by atoms with Crippen molar-refractivity contribution in [3.8, 4) is 0 Å². The maximum Gasteiger partial charge on any atom is 0.0465 e. The highest BCUT2D eigenvalue weighted by atomic mass is 35.5. The van der Waals surface area contributed by atoms with Crippen molar-refractivity contribution in [1.82, 2.24) is 0 Å². The Morgan fingerprint density at radius 3 is 2.36 bits per heavy atom. The number of hydrogen-bond acceptors (Lipinski definition) is 1. The molecule has 0 rings (SSSR count). The third-order valence-electron chi connectivity index (χ3n) is 1.75. The molecule has 1 atom stereocenters. The lowest BCUT2D eigenvalue weighted by atomic mass is 9.96. The molecule has 0 saturated carbocycles. The molecular formula is C9H19ClO. The number of rotatable bonds is 6. The average molecular weight is 179 g/mol. The molecule has 0 amide bonds. The molecule has 0 heterocycles. The molecule has 11 heavy (non-hydrogen) atoms. The van der Waals surface area contributed by atoms with Crippen LogP contribution in [0.2, 0.25) is 0 Å². The van der Waals surface area contributed by atoms with E-state index in [-0.39, 0.29) is 0 Å². The summed E-state index contributed by atoms with van der Waals surface area (Å²) in [6, 6.07) is 0. The summed E-state index contributed by atoms with van der Waals surface area (Å²) in [7, 11) is 1.74. The van der Waals surface area contributed by atoms with E-state index in [9.17, 15) is 0 Å². The molecule has 0 bridgehead atoms. The third-order valence-corrected chi connectivity index (χ3v) is 2.19. The maximum absolute atomic E-state index is 5.79. The Morgan fingerprint density at radius 1 is 1.36 bits per heavy atom. The number of alkyl halides is 1. The Kier molecular flexibility index (Phi) is 7.09. The molecule has 68 valence electrons. The van der Waals surface area contributed by atoms with Gasteiger partial charge in [-0.1, -0.05) is 13.8 Å². The Labute approximate surface area is 75.1 Å². The first-order valence-corrected chi connectivity index (χ1v) is 4.79. The summed E-state index contributed by atoms with van der Waals surface area (Å²) in [5, 5.41) is 0. The molecule has 0 spiro atoms. The second-order valence-corrected chi connectivity index (χ2v) is 3.74. The number of methoxy groups -OCH3 is 1. The van der Waals surface area contributed by atoms with Gasteiger partial charge in [0.15, 0.2) is 0 Å². The van der Waals surface area contributed by atoms with Crippen LogP contribution in [-0.4, -0.2) is 19.6 Å². The topological polar surface area (TPSA) is 9.23 Å². The lowest BCUT2D eigenvalue weighted by molar-refractivity contribution is 0.176. The molecule has 0 aliphatic carbocycles. The first-order chi connectivity index (χ1) is 5.20. The predicted octanol–water partition coefficient (Wildman–Crippen LogP) is 2.92. The third kappa shape index (κ3) is 6.64. The average Bonchev–Trinajstić information content (AvgIpc) is 1.97. The van der Waals surface area contributed by atoms with Gasteiger partial charge in [-0.3, -0.25) is 0 Å². The van der Waals surface area contributed by atoms with Crippen LogP contribution in [0.1, 0.15) is 26.7 Å². The van der Waals surface area contributed by atoms with E-state index in [0.29, 0.717) is 5.92 Å². The van der Waals surface area contributed by atoms with Crippen LogP contribution < -0.4 is 0 Å². The van der Waals surface area contributed by atoms with Crippen molar-refractivity contribution < 1.29 is 4.74 Å². The van der Waals surface area contributed by atoms with Crippen LogP contribution >= 0.6 is 11.6 Å². The van der Waals surface area contributed by atoms with Gasteiger partial charge in [0.25, 0.3) is 0 Å². The Morgan fingerprint density at radius 2 is 2.00 bits per heavy atom. The molecule has 1 unspecified atom stereocenters. The lowest BCUT2D eigenvalue weighted by Gasteiger charge is -2.14. The molecule has 0 saturated heterocycles. The molecule has 0 aliphatic heterocycles. The van der Waals surface area contributed by atoms with Gasteiger partial charge in [-0.25, -0.2) is 0 Å². The van der Waals surface area contributed by atoms with Crippen LogP contribution in [0.5, 0.6) is 0 Å². The number of hydrogen-bond donors (Lipinski definition) is 0. The number of halogens is 1. The largest absolute Gasteiger partial charge is 0.385 e. The molecule has 1 nitrogen and oxygen atoms in total. The van der Waals surface area contributed by atoms with Gasteiger partial charge in [-0.05, 0) is 24.7 Å². The van der Waals surface area contributed by atoms with Gasteiger partial charge in [0.1, 0.15) is 0 Å². The van der Waals surface area contributed by atoms with Crippen molar-refractivity contribution in [2.45, 2.75) is 26.7 Å². The van der Waals surface area contributed by atoms with Crippen molar-refractivity contribution in [2.75, 3.05) is 19.6 Å². The second-order valence-electron chi connectivity index (χ2n) is 3.43. The van der Waals surface area contributed by atoms with E-state index in [2.05, 4.69) is 13.8 Å². The monoisotopic (exact) mass is 178 g/mol. The zero-order valence-electron chi connectivity index (χ0n) is 7.77. The van der Waals surface area contributed by atoms with E-state index in [1.54, 1.807) is 7.11 Å². The minimum atomic E-state index is 0.636. The van der Waals surface area contributed by atoms with Crippen molar-refractivity contribution in [3.05, 3.63) is 0 Å². The predicted molar refractivity (Wildman–Crippen MR) is 50.2 cm³/mol. The standard InChI is InChI=1S/C9H19ClO/c1-8(2)6-9(7-10)4-5-11-3/h8-9H,4-7H2,1-3H3. The Balaban J connectivity index is 3.41. The molecule has 0 aromatic rings. The van der Waals surface area contributed by atoms with Gasteiger partial charge >= 0.3 is 0 Å². The normalized spacial score (nSPS) is 13.9. The molecule has 2 heteroatoms. The summed E-state index contributed by atoms with van der Waals surface area (Å²) in [5.41, 5.74) is 0. The molecule has 0 radical (unpaired) electrons. The summed E-state index contributed by atoms with van der Waals surface area (Å²) in [4.78, 5) is 0. The van der Waals surface area contributed by atoms with Gasteiger partial charge in [-0.2, -0.15) is 0 Å². The molecule has 0 aromatic carbocycles. The maximum atomic E-state index is 5.79. The van der Waals surface area contributed by atoms with E-state index in [1.807, 2.05) is 0 Å². The summed E-state index contributed by atoms with van der Waals surface area (Å²) >= 11 is 5.79. The van der Waals surface area contributed by atoms with Crippen LogP contribution in [0.3, 0.4) is 0 Å². The lowest BCUT2D eigenvalue weighted by Crippen LogP contribution is -2.09. The highest BCUT2D eigenvalue weighted by Crippen LogP contribution is 2.16. The quantitative estimate of drug-likeness (QED) is 0.569. The SMILES string of the molecule is COCCC(CCl)CC(C)C. The van der Waals surface area contributed by atoms with E-state index < -0.39 is 0 Å². The van der Waals surface area contributed by atoms with Gasteiger partial charge < -0.3 is 4.74 Å². The van der Waals surface area contributed by atoms with Gasteiger partial charge in [-0.15, -0.1) is 11.6 Å². The molecular weight excluding hydrogens is 160 g/mol. The van der Waals surface area contributed by atoms with Crippen LogP contribution in [0, 0.1) is 11.8 Å². The minimum absolute atomic E-state index is 0.636. The summed E-state index contributed by atoms with van der Waals surface area (Å²) in [6.45, 7) is 5.29. The number of ether oxygens (including phenoxy) is 1. The molecule has 0 N–H and O–H groups in total. The zero-order valence-corrected chi connectivity index (χ0v) is 8.53. The van der Waals surface area contributed by atoms with Crippen molar-refractivity contribution in [3.63, 3.8) is 0 Å². The van der Waals surface area contributed by atoms with E-state index >= 15 is 0 Å². The zero-order chi connectivity index (χ0) is 8.69. The fourth-order valence-corrected chi connectivity index (χ4v) is 1.49. The van der Waals surface area contributed by atoms with E-state index in [1.165, 1.54) is 6.42 Å². The van der Waals surface area contributed by atoms with Crippen molar-refractivity contribution in [2.24, 2.45) is 11.8 Å². The summed E-state index contributed by atoms with van der Waals surface area (Å²) in [5.74, 6) is 2.15. The Bertz CT molecular complexity index is 83.6. The fraction of sp³-hybridized carbons (Fsp3) is 1.00. The second kappa shape index (κ2) is 6.93.